The number of nitrogens with zero attached hydrogens (tertiary/aromatic N) is 1. The molecule has 0 spiro atoms. The van der Waals surface area contributed by atoms with Crippen LogP contribution in [-0.2, 0) is 4.79 Å². The molecule has 0 saturated heterocycles. The van der Waals surface area contributed by atoms with Crippen LogP contribution in [0.15, 0.2) is 30.3 Å². The first-order valence-corrected chi connectivity index (χ1v) is 8.71. The van der Waals surface area contributed by atoms with E-state index in [1.54, 1.807) is 13.8 Å². The third-order valence-electron chi connectivity index (χ3n) is 4.55. The molecule has 27 heavy (non-hydrogen) atoms. The number of amides is 1. The number of benzene rings is 2. The maximum atomic E-state index is 14.0. The van der Waals surface area contributed by atoms with Gasteiger partial charge in [0.05, 0.1) is 21.5 Å². The number of hydrogen-bond donors (Lipinski definition) is 2. The summed E-state index contributed by atoms with van der Waals surface area (Å²) in [5.74, 6) is -3.31. The van der Waals surface area contributed by atoms with Crippen LogP contribution < -0.4 is 5.73 Å². The predicted molar refractivity (Wildman–Crippen MR) is 102 cm³/mol. The van der Waals surface area contributed by atoms with Gasteiger partial charge < -0.3 is 10.8 Å². The molecule has 5 nitrogen and oxygen atoms in total. The normalized spacial score (nSPS) is 12.3. The first-order chi connectivity index (χ1) is 12.6. The van der Waals surface area contributed by atoms with Crippen molar-refractivity contribution in [3.05, 3.63) is 63.0 Å². The number of nitrogens with two attached hydrogens (primary N) is 1. The fourth-order valence-corrected chi connectivity index (χ4v) is 3.45. The monoisotopic (exact) mass is 408 g/mol. The fourth-order valence-electron chi connectivity index (χ4n) is 3.16. The highest BCUT2D eigenvalue weighted by atomic mass is 35.5. The fraction of sp³-hybridized carbons (Fsp3) is 0.158. The van der Waals surface area contributed by atoms with Crippen LogP contribution in [0.25, 0.3) is 10.9 Å². The zero-order valence-corrected chi connectivity index (χ0v) is 15.9. The summed E-state index contributed by atoms with van der Waals surface area (Å²) in [4.78, 5) is 24.8. The van der Waals surface area contributed by atoms with Gasteiger partial charge in [-0.05, 0) is 43.7 Å². The van der Waals surface area contributed by atoms with Crippen molar-refractivity contribution in [1.29, 1.82) is 0 Å². The van der Waals surface area contributed by atoms with Gasteiger partial charge in [0.2, 0.25) is 5.91 Å². The molecule has 1 atom stereocenters. The van der Waals surface area contributed by atoms with Crippen LogP contribution in [0.4, 0.5) is 4.39 Å². The molecule has 0 aliphatic carbocycles. The van der Waals surface area contributed by atoms with Crippen molar-refractivity contribution in [2.45, 2.75) is 19.8 Å². The van der Waals surface area contributed by atoms with Crippen molar-refractivity contribution in [2.75, 3.05) is 0 Å². The summed E-state index contributed by atoms with van der Waals surface area (Å²) < 4.78 is 15.3. The predicted octanol–water partition coefficient (Wildman–Crippen LogP) is 4.38. The lowest BCUT2D eigenvalue weighted by Gasteiger charge is -2.10. The number of aromatic hydroxyl groups is 1. The molecule has 0 aliphatic heterocycles. The summed E-state index contributed by atoms with van der Waals surface area (Å²) in [5.41, 5.74) is 6.73. The van der Waals surface area contributed by atoms with Gasteiger partial charge in [-0.3, -0.25) is 14.2 Å². The van der Waals surface area contributed by atoms with Gasteiger partial charge in [0.25, 0.3) is 5.91 Å². The first-order valence-electron chi connectivity index (χ1n) is 7.96. The van der Waals surface area contributed by atoms with Gasteiger partial charge in [0.1, 0.15) is 0 Å². The Morgan fingerprint density at radius 3 is 2.44 bits per heavy atom. The number of primary amides is 1. The van der Waals surface area contributed by atoms with E-state index in [1.807, 2.05) is 0 Å². The zero-order valence-electron chi connectivity index (χ0n) is 14.4. The highest BCUT2D eigenvalue weighted by Gasteiger charge is 2.26. The van der Waals surface area contributed by atoms with E-state index in [2.05, 4.69) is 0 Å². The topological polar surface area (TPSA) is 85.3 Å². The number of phenols is 1. The Labute approximate surface area is 164 Å². The summed E-state index contributed by atoms with van der Waals surface area (Å²) in [7, 11) is 0. The van der Waals surface area contributed by atoms with Gasteiger partial charge in [-0.25, -0.2) is 4.39 Å². The van der Waals surface area contributed by atoms with Crippen LogP contribution in [0.2, 0.25) is 10.0 Å². The molecule has 0 saturated carbocycles. The van der Waals surface area contributed by atoms with E-state index in [0.29, 0.717) is 21.7 Å². The van der Waals surface area contributed by atoms with Gasteiger partial charge in [0.15, 0.2) is 11.6 Å². The lowest BCUT2D eigenvalue weighted by Crippen LogP contribution is -2.20. The highest BCUT2D eigenvalue weighted by molar-refractivity contribution is 6.42. The summed E-state index contributed by atoms with van der Waals surface area (Å²) in [6.45, 7) is 3.21. The molecule has 1 unspecified atom stereocenters. The molecule has 8 heteroatoms. The molecule has 0 radical (unpaired) electrons. The number of carbonyl (C=O) groups is 2. The minimum atomic E-state index is -0.888. The first kappa shape index (κ1) is 19.2. The van der Waals surface area contributed by atoms with Gasteiger partial charge in [0, 0.05) is 22.7 Å². The molecule has 0 bridgehead atoms. The molecule has 3 aromatic rings. The van der Waals surface area contributed by atoms with Crippen molar-refractivity contribution in [3.8, 4) is 5.75 Å². The number of phenolic OH excluding ortho intramolecular Hbond substituents is 1. The van der Waals surface area contributed by atoms with Crippen molar-refractivity contribution in [3.63, 3.8) is 0 Å². The van der Waals surface area contributed by atoms with Crippen LogP contribution in [0.5, 0.6) is 5.75 Å². The zero-order chi connectivity index (χ0) is 20.0. The van der Waals surface area contributed by atoms with E-state index in [9.17, 15) is 19.1 Å². The number of carbonyl (C=O) groups excluding carboxylic acids is 2. The summed E-state index contributed by atoms with van der Waals surface area (Å²) >= 11 is 11.9. The third kappa shape index (κ3) is 3.15. The van der Waals surface area contributed by atoms with Crippen LogP contribution in [0.1, 0.15) is 34.5 Å². The number of rotatable bonds is 3. The van der Waals surface area contributed by atoms with Crippen molar-refractivity contribution >= 4 is 45.9 Å². The average molecular weight is 409 g/mol. The van der Waals surface area contributed by atoms with Crippen LogP contribution in [-0.4, -0.2) is 21.5 Å². The van der Waals surface area contributed by atoms with Crippen LogP contribution in [0.3, 0.4) is 0 Å². The highest BCUT2D eigenvalue weighted by Crippen LogP contribution is 2.36. The molecular weight excluding hydrogens is 394 g/mol. The molecule has 3 N–H and O–H groups in total. The lowest BCUT2D eigenvalue weighted by molar-refractivity contribution is -0.119. The third-order valence-corrected chi connectivity index (χ3v) is 5.29. The molecule has 3 rings (SSSR count). The summed E-state index contributed by atoms with van der Waals surface area (Å²) in [6.07, 6.45) is 0. The molecule has 2 aromatic carbocycles. The maximum absolute atomic E-state index is 14.0. The van der Waals surface area contributed by atoms with Crippen LogP contribution in [0, 0.1) is 12.7 Å². The Morgan fingerprint density at radius 1 is 1.19 bits per heavy atom. The van der Waals surface area contributed by atoms with E-state index in [4.69, 9.17) is 28.9 Å². The Bertz CT molecular complexity index is 1110. The molecule has 1 amide bonds. The van der Waals surface area contributed by atoms with Crippen molar-refractivity contribution < 1.29 is 19.1 Å². The Morgan fingerprint density at radius 2 is 1.85 bits per heavy atom. The van der Waals surface area contributed by atoms with Crippen molar-refractivity contribution in [2.24, 2.45) is 5.73 Å². The van der Waals surface area contributed by atoms with Crippen molar-refractivity contribution in [1.82, 2.24) is 4.57 Å². The van der Waals surface area contributed by atoms with Crippen LogP contribution >= 0.6 is 23.2 Å². The minimum Gasteiger partial charge on any atom is -0.505 e. The van der Waals surface area contributed by atoms with E-state index < -0.39 is 29.3 Å². The lowest BCUT2D eigenvalue weighted by atomic mass is 9.97. The molecule has 1 aromatic heterocycles. The van der Waals surface area contributed by atoms with E-state index >= 15 is 0 Å². The molecular formula is C19H15Cl2FN2O3. The summed E-state index contributed by atoms with van der Waals surface area (Å²) in [5, 5.41) is 10.6. The quantitative estimate of drug-likeness (QED) is 0.674. The average Bonchev–Trinajstić information content (AvgIpc) is 2.87. The second-order valence-electron chi connectivity index (χ2n) is 6.21. The Balaban J connectivity index is 2.33. The number of aromatic nitrogens is 1. The smallest absolute Gasteiger partial charge is 0.262 e. The maximum Gasteiger partial charge on any atom is 0.262 e. The SMILES string of the molecule is Cc1c(C(C)C(N)=O)c2cc(O)c(F)cc2n1C(=O)c1ccc(Cl)c(Cl)c1. The van der Waals surface area contributed by atoms with E-state index in [1.165, 1.54) is 28.8 Å². The summed E-state index contributed by atoms with van der Waals surface area (Å²) in [6, 6.07) is 6.62. The Hall–Kier alpha value is -2.57. The largest absolute Gasteiger partial charge is 0.505 e. The molecule has 140 valence electrons. The number of fused-ring (bicyclic) bond motifs is 1. The molecule has 0 aliphatic rings. The second-order valence-corrected chi connectivity index (χ2v) is 7.03. The van der Waals surface area contributed by atoms with Gasteiger partial charge >= 0.3 is 0 Å². The number of halogens is 3. The van der Waals surface area contributed by atoms with Gasteiger partial charge in [-0.1, -0.05) is 23.2 Å². The van der Waals surface area contributed by atoms with Gasteiger partial charge in [-0.15, -0.1) is 0 Å². The molecule has 0 fully saturated rings. The van der Waals surface area contributed by atoms with Gasteiger partial charge in [-0.2, -0.15) is 0 Å². The standard InChI is InChI=1S/C19H15Cl2FN2O3/c1-8(18(23)26)17-9(2)24(15-7-14(22)16(25)6-11(15)17)19(27)10-3-4-12(20)13(21)5-10/h3-8,25H,1-2H3,(H2,23,26). The number of hydrogen-bond acceptors (Lipinski definition) is 3. The Kier molecular flexibility index (Phi) is 4.88. The van der Waals surface area contributed by atoms with E-state index in [-0.39, 0.29) is 16.1 Å². The molecule has 1 heterocycles. The van der Waals surface area contributed by atoms with E-state index in [0.717, 1.165) is 6.07 Å². The minimum absolute atomic E-state index is 0.200. The second kappa shape index (κ2) is 6.87.